The molecular weight excluding hydrogens is 216 g/mol. The molecule has 0 aliphatic carbocycles. The largest absolute Gasteiger partial charge is 0.298 e. The molecule has 1 nitrogen and oxygen atoms in total. The van der Waals surface area contributed by atoms with Crippen LogP contribution in [0.2, 0.25) is 5.02 Å². The van der Waals surface area contributed by atoms with E-state index >= 15 is 0 Å². The van der Waals surface area contributed by atoms with Crippen LogP contribution in [0.25, 0.3) is 10.1 Å². The fourth-order valence-corrected chi connectivity index (χ4v) is 3.00. The summed E-state index contributed by atoms with van der Waals surface area (Å²) in [6, 6.07) is 3.83. The number of aldehydes is 1. The van der Waals surface area contributed by atoms with E-state index in [-0.39, 0.29) is 0 Å². The number of fused-ring (bicyclic) bond motifs is 1. The van der Waals surface area contributed by atoms with Gasteiger partial charge in [0.15, 0.2) is 6.29 Å². The van der Waals surface area contributed by atoms with Crippen LogP contribution in [0.5, 0.6) is 0 Å². The van der Waals surface area contributed by atoms with Crippen LogP contribution in [-0.4, -0.2) is 6.29 Å². The monoisotopic (exact) mass is 224 g/mol. The van der Waals surface area contributed by atoms with Gasteiger partial charge in [0, 0.05) is 25.5 Å². The highest BCUT2D eigenvalue weighted by Crippen LogP contribution is 2.36. The van der Waals surface area contributed by atoms with E-state index in [1.807, 2.05) is 26.0 Å². The van der Waals surface area contributed by atoms with Crippen LogP contribution in [0.4, 0.5) is 0 Å². The summed E-state index contributed by atoms with van der Waals surface area (Å²) >= 11 is 7.70. The third kappa shape index (κ3) is 1.26. The molecule has 14 heavy (non-hydrogen) atoms. The summed E-state index contributed by atoms with van der Waals surface area (Å²) in [5.41, 5.74) is 1.91. The first-order chi connectivity index (χ1) is 6.65. The van der Waals surface area contributed by atoms with Gasteiger partial charge in [-0.05, 0) is 25.5 Å². The Morgan fingerprint density at radius 1 is 1.36 bits per heavy atom. The maximum atomic E-state index is 10.9. The molecule has 1 aromatic carbocycles. The first-order valence-electron chi connectivity index (χ1n) is 4.28. The Kier molecular flexibility index (Phi) is 2.33. The van der Waals surface area contributed by atoms with Gasteiger partial charge in [-0.1, -0.05) is 17.7 Å². The number of carbonyl (C=O) groups is 1. The van der Waals surface area contributed by atoms with E-state index in [2.05, 4.69) is 0 Å². The predicted octanol–water partition coefficient (Wildman–Crippen LogP) is 3.98. The topological polar surface area (TPSA) is 17.1 Å². The highest BCUT2D eigenvalue weighted by molar-refractivity contribution is 7.19. The molecule has 1 aromatic heterocycles. The summed E-state index contributed by atoms with van der Waals surface area (Å²) in [6.07, 6.45) is 0.888. The molecule has 0 radical (unpaired) electrons. The van der Waals surface area contributed by atoms with Gasteiger partial charge in [0.05, 0.1) is 0 Å². The van der Waals surface area contributed by atoms with E-state index in [4.69, 9.17) is 11.6 Å². The van der Waals surface area contributed by atoms with Gasteiger partial charge in [-0.25, -0.2) is 0 Å². The minimum Gasteiger partial charge on any atom is -0.298 e. The lowest BCUT2D eigenvalue weighted by molar-refractivity contribution is 0.112. The second kappa shape index (κ2) is 3.37. The highest BCUT2D eigenvalue weighted by atomic mass is 35.5. The lowest BCUT2D eigenvalue weighted by atomic mass is 10.1. The molecule has 72 valence electrons. The first-order valence-corrected chi connectivity index (χ1v) is 5.48. The first kappa shape index (κ1) is 9.69. The van der Waals surface area contributed by atoms with Gasteiger partial charge < -0.3 is 0 Å². The van der Waals surface area contributed by atoms with Crippen LogP contribution in [0.3, 0.4) is 0 Å². The van der Waals surface area contributed by atoms with Gasteiger partial charge in [0.2, 0.25) is 0 Å². The number of halogens is 1. The van der Waals surface area contributed by atoms with Crippen molar-refractivity contribution in [2.45, 2.75) is 13.8 Å². The van der Waals surface area contributed by atoms with Crippen LogP contribution in [0.15, 0.2) is 12.1 Å². The van der Waals surface area contributed by atoms with Crippen molar-refractivity contribution in [3.05, 3.63) is 33.2 Å². The Morgan fingerprint density at radius 3 is 2.71 bits per heavy atom. The number of rotatable bonds is 1. The normalized spacial score (nSPS) is 10.8. The number of hydrogen-bond donors (Lipinski definition) is 0. The Bertz CT molecular complexity index is 513. The van der Waals surface area contributed by atoms with Crippen molar-refractivity contribution in [3.8, 4) is 0 Å². The second-order valence-corrected chi connectivity index (χ2v) is 4.89. The van der Waals surface area contributed by atoms with Crippen molar-refractivity contribution >= 4 is 39.3 Å². The van der Waals surface area contributed by atoms with Crippen molar-refractivity contribution in [2.24, 2.45) is 0 Å². The molecule has 0 fully saturated rings. The summed E-state index contributed by atoms with van der Waals surface area (Å²) in [5.74, 6) is 0. The summed E-state index contributed by atoms with van der Waals surface area (Å²) in [5, 5.41) is 1.57. The van der Waals surface area contributed by atoms with Crippen LogP contribution in [0, 0.1) is 13.8 Å². The molecule has 0 aliphatic rings. The van der Waals surface area contributed by atoms with Gasteiger partial charge in [0.25, 0.3) is 0 Å². The summed E-state index contributed by atoms with van der Waals surface area (Å²) in [6.45, 7) is 3.98. The Hall–Kier alpha value is -0.860. The molecule has 0 unspecified atom stereocenters. The van der Waals surface area contributed by atoms with Crippen molar-refractivity contribution in [1.29, 1.82) is 0 Å². The van der Waals surface area contributed by atoms with Crippen LogP contribution < -0.4 is 0 Å². The number of hydrogen-bond acceptors (Lipinski definition) is 2. The van der Waals surface area contributed by atoms with E-state index in [9.17, 15) is 4.79 Å². The van der Waals surface area contributed by atoms with E-state index in [1.165, 1.54) is 5.56 Å². The lowest BCUT2D eigenvalue weighted by Crippen LogP contribution is -1.81. The van der Waals surface area contributed by atoms with Crippen molar-refractivity contribution < 1.29 is 4.79 Å². The van der Waals surface area contributed by atoms with E-state index in [1.54, 1.807) is 11.3 Å². The molecule has 1 heterocycles. The molecule has 0 aliphatic heterocycles. The summed E-state index contributed by atoms with van der Waals surface area (Å²) < 4.78 is 1.12. The maximum absolute atomic E-state index is 10.9. The van der Waals surface area contributed by atoms with Crippen LogP contribution in [-0.2, 0) is 0 Å². The van der Waals surface area contributed by atoms with Crippen molar-refractivity contribution in [1.82, 2.24) is 0 Å². The van der Waals surface area contributed by atoms with Gasteiger partial charge in [0.1, 0.15) is 0 Å². The zero-order chi connectivity index (χ0) is 10.3. The Balaban J connectivity index is 3.00. The molecule has 0 N–H and O–H groups in total. The molecule has 0 amide bonds. The molecule has 3 heteroatoms. The molecule has 0 atom stereocenters. The molecule has 0 spiro atoms. The standard InChI is InChI=1S/C11H9ClOS/c1-6-3-4-9(12)10-8(5-13)7(2)14-11(6)10/h3-5H,1-2H3. The number of thiophene rings is 1. The van der Waals surface area contributed by atoms with Gasteiger partial charge in [-0.3, -0.25) is 4.79 Å². The minimum atomic E-state index is 0.664. The molecule has 0 saturated heterocycles. The zero-order valence-corrected chi connectivity index (χ0v) is 9.50. The molecule has 0 saturated carbocycles. The van der Waals surface area contributed by atoms with E-state index in [0.29, 0.717) is 5.02 Å². The Morgan fingerprint density at radius 2 is 2.07 bits per heavy atom. The van der Waals surface area contributed by atoms with E-state index < -0.39 is 0 Å². The molecular formula is C11H9ClOS. The predicted molar refractivity (Wildman–Crippen MR) is 61.7 cm³/mol. The number of aryl methyl sites for hydroxylation is 2. The summed E-state index contributed by atoms with van der Waals surface area (Å²) in [4.78, 5) is 11.9. The zero-order valence-electron chi connectivity index (χ0n) is 7.93. The van der Waals surface area contributed by atoms with Gasteiger partial charge in [-0.2, -0.15) is 0 Å². The van der Waals surface area contributed by atoms with Crippen LogP contribution in [0.1, 0.15) is 20.8 Å². The quantitative estimate of drug-likeness (QED) is 0.670. The SMILES string of the molecule is Cc1sc2c(C)ccc(Cl)c2c1C=O. The average Bonchev–Trinajstić information content (AvgIpc) is 2.50. The third-order valence-electron chi connectivity index (χ3n) is 2.33. The average molecular weight is 225 g/mol. The van der Waals surface area contributed by atoms with E-state index in [0.717, 1.165) is 26.8 Å². The smallest absolute Gasteiger partial charge is 0.151 e. The fourth-order valence-electron chi connectivity index (χ4n) is 1.57. The number of carbonyl (C=O) groups excluding carboxylic acids is 1. The fraction of sp³-hybridized carbons (Fsp3) is 0.182. The Labute approximate surface area is 91.3 Å². The third-order valence-corrected chi connectivity index (χ3v) is 3.90. The van der Waals surface area contributed by atoms with Crippen molar-refractivity contribution in [2.75, 3.05) is 0 Å². The maximum Gasteiger partial charge on any atom is 0.151 e. The van der Waals surface area contributed by atoms with Gasteiger partial charge >= 0.3 is 0 Å². The van der Waals surface area contributed by atoms with Crippen molar-refractivity contribution in [3.63, 3.8) is 0 Å². The highest BCUT2D eigenvalue weighted by Gasteiger charge is 2.12. The second-order valence-electron chi connectivity index (χ2n) is 3.26. The molecule has 2 aromatic rings. The summed E-state index contributed by atoms with van der Waals surface area (Å²) in [7, 11) is 0. The minimum absolute atomic E-state index is 0.664. The molecule has 2 rings (SSSR count). The molecule has 0 bridgehead atoms. The van der Waals surface area contributed by atoms with Gasteiger partial charge in [-0.15, -0.1) is 11.3 Å². The number of benzene rings is 1. The van der Waals surface area contributed by atoms with Crippen LogP contribution >= 0.6 is 22.9 Å². The lowest BCUT2D eigenvalue weighted by Gasteiger charge is -1.98.